The molecule has 0 rings (SSSR count). The van der Waals surface area contributed by atoms with Gasteiger partial charge in [0, 0.05) is 13.0 Å². The monoisotopic (exact) mass is 314 g/mol. The maximum Gasteiger partial charge on any atom is 0.443 e. The van der Waals surface area contributed by atoms with Crippen LogP contribution in [0.3, 0.4) is 0 Å². The van der Waals surface area contributed by atoms with Crippen molar-refractivity contribution in [1.82, 2.24) is 4.90 Å². The van der Waals surface area contributed by atoms with E-state index in [9.17, 15) is 9.36 Å². The van der Waals surface area contributed by atoms with Crippen LogP contribution in [0.4, 0.5) is 0 Å². The van der Waals surface area contributed by atoms with Crippen molar-refractivity contribution in [3.05, 3.63) is 0 Å². The highest BCUT2D eigenvalue weighted by Crippen LogP contribution is 2.52. The predicted molar refractivity (Wildman–Crippen MR) is 72.7 cm³/mol. The first-order valence-corrected chi connectivity index (χ1v) is 8.54. The average molecular weight is 314 g/mol. The molecule has 0 aromatic rings. The van der Waals surface area contributed by atoms with Gasteiger partial charge in [-0.05, 0) is 20.0 Å². The van der Waals surface area contributed by atoms with Gasteiger partial charge in [0.2, 0.25) is 5.78 Å². The Balaban J connectivity index is 4.15. The SMILES string of the molecule is CCCCCN(C)CCC(=O)C(OP=O)[P+](O)(O)O. The first-order chi connectivity index (χ1) is 8.82. The number of hydrogen-bond donors (Lipinski definition) is 3. The lowest BCUT2D eigenvalue weighted by molar-refractivity contribution is -0.123. The van der Waals surface area contributed by atoms with E-state index in [1.807, 2.05) is 11.9 Å². The molecule has 0 aliphatic rings. The molecule has 0 aliphatic heterocycles. The number of Topliss-reactive ketones (excluding diaryl/α,β-unsaturated/α-hetero) is 1. The normalized spacial score (nSPS) is 14.0. The van der Waals surface area contributed by atoms with E-state index < -0.39 is 28.3 Å². The zero-order chi connectivity index (χ0) is 14.9. The van der Waals surface area contributed by atoms with Crippen LogP contribution in [-0.4, -0.2) is 51.3 Å². The van der Waals surface area contributed by atoms with Crippen molar-refractivity contribution in [1.29, 1.82) is 0 Å². The van der Waals surface area contributed by atoms with Crippen molar-refractivity contribution in [2.24, 2.45) is 0 Å². The number of unbranched alkanes of at least 4 members (excludes halogenated alkanes) is 2. The number of rotatable bonds is 11. The van der Waals surface area contributed by atoms with Crippen LogP contribution >= 0.6 is 16.6 Å². The summed E-state index contributed by atoms with van der Waals surface area (Å²) in [7, 11) is -3.51. The Hall–Kier alpha value is -0.0000000000000000139. The largest absolute Gasteiger partial charge is 0.443 e. The summed E-state index contributed by atoms with van der Waals surface area (Å²) in [4.78, 5) is 40.7. The molecule has 9 heteroatoms. The molecule has 1 atom stereocenters. The van der Waals surface area contributed by atoms with Gasteiger partial charge in [-0.25, -0.2) is 9.09 Å². The fourth-order valence-electron chi connectivity index (χ4n) is 1.52. The summed E-state index contributed by atoms with van der Waals surface area (Å²) in [5.41, 5.74) is 0. The van der Waals surface area contributed by atoms with Crippen molar-refractivity contribution in [3.63, 3.8) is 0 Å². The van der Waals surface area contributed by atoms with Crippen molar-refractivity contribution >= 4 is 22.4 Å². The van der Waals surface area contributed by atoms with Gasteiger partial charge in [0.25, 0.3) is 0 Å². The highest BCUT2D eigenvalue weighted by molar-refractivity contribution is 7.60. The second-order valence-electron chi connectivity index (χ2n) is 4.37. The zero-order valence-electron chi connectivity index (χ0n) is 11.2. The zero-order valence-corrected chi connectivity index (χ0v) is 13.0. The van der Waals surface area contributed by atoms with Crippen molar-refractivity contribution in [3.8, 4) is 0 Å². The lowest BCUT2D eigenvalue weighted by Gasteiger charge is -2.17. The molecule has 0 fully saturated rings. The fraction of sp³-hybridized carbons (Fsp3) is 0.900. The smallest absolute Gasteiger partial charge is 0.306 e. The minimum absolute atomic E-state index is 0.00770. The summed E-state index contributed by atoms with van der Waals surface area (Å²) in [5.74, 6) is -2.50. The second kappa shape index (κ2) is 9.83. The third-order valence-electron chi connectivity index (χ3n) is 2.62. The molecule has 0 aromatic carbocycles. The van der Waals surface area contributed by atoms with E-state index >= 15 is 0 Å². The third-order valence-corrected chi connectivity index (χ3v) is 4.10. The van der Waals surface area contributed by atoms with Crippen molar-refractivity contribution in [2.75, 3.05) is 20.1 Å². The summed E-state index contributed by atoms with van der Waals surface area (Å²) in [6.45, 7) is 3.35. The van der Waals surface area contributed by atoms with Crippen LogP contribution in [0.5, 0.6) is 0 Å². The number of carbonyl (C=O) groups excluding carboxylic acids is 1. The summed E-state index contributed by atoms with van der Waals surface area (Å²) < 4.78 is 14.6. The van der Waals surface area contributed by atoms with Crippen LogP contribution in [0.2, 0.25) is 0 Å². The molecule has 0 amide bonds. The summed E-state index contributed by atoms with van der Waals surface area (Å²) >= 11 is 0. The molecule has 1 unspecified atom stereocenters. The molecule has 0 bridgehead atoms. The maximum atomic E-state index is 11.7. The average Bonchev–Trinajstić information content (AvgIpc) is 2.32. The number of carbonyl (C=O) groups is 1. The van der Waals surface area contributed by atoms with Crippen LogP contribution in [0.1, 0.15) is 32.6 Å². The van der Waals surface area contributed by atoms with Gasteiger partial charge < -0.3 is 4.90 Å². The van der Waals surface area contributed by atoms with E-state index in [1.54, 1.807) is 0 Å². The molecule has 0 saturated heterocycles. The van der Waals surface area contributed by atoms with Gasteiger partial charge in [-0.1, -0.05) is 19.8 Å². The standard InChI is InChI=1S/C10H22NO6P2/c1-3-4-5-7-11(2)8-6-9(12)10(17-18-13)19(14,15)16/h10,14-16H,3-8H2,1-2H3/q+1. The van der Waals surface area contributed by atoms with Gasteiger partial charge in [0.15, 0.2) is 0 Å². The van der Waals surface area contributed by atoms with Gasteiger partial charge in [0.1, 0.15) is 0 Å². The summed E-state index contributed by atoms with van der Waals surface area (Å²) in [6, 6.07) is 0. The molecule has 0 radical (unpaired) electrons. The third kappa shape index (κ3) is 8.71. The first-order valence-electron chi connectivity index (χ1n) is 6.09. The van der Waals surface area contributed by atoms with E-state index in [1.165, 1.54) is 0 Å². The molecule has 0 heterocycles. The minimum Gasteiger partial charge on any atom is -0.306 e. The van der Waals surface area contributed by atoms with E-state index in [2.05, 4.69) is 11.4 Å². The Bertz CT molecular complexity index is 284. The van der Waals surface area contributed by atoms with E-state index in [4.69, 9.17) is 14.7 Å². The lowest BCUT2D eigenvalue weighted by Crippen LogP contribution is -2.29. The fourth-order valence-corrected chi connectivity index (χ4v) is 2.86. The van der Waals surface area contributed by atoms with Crippen LogP contribution in [0.15, 0.2) is 0 Å². The minimum atomic E-state index is -4.48. The van der Waals surface area contributed by atoms with Crippen molar-refractivity contribution in [2.45, 2.75) is 38.5 Å². The highest BCUT2D eigenvalue weighted by atomic mass is 31.2. The van der Waals surface area contributed by atoms with Gasteiger partial charge in [-0.15, -0.1) is 0 Å². The van der Waals surface area contributed by atoms with Crippen LogP contribution in [-0.2, 0) is 13.9 Å². The Kier molecular flexibility index (Phi) is 9.83. The highest BCUT2D eigenvalue weighted by Gasteiger charge is 2.49. The molecular weight excluding hydrogens is 292 g/mol. The maximum absolute atomic E-state index is 11.7. The van der Waals surface area contributed by atoms with Crippen LogP contribution in [0.25, 0.3) is 0 Å². The van der Waals surface area contributed by atoms with Crippen LogP contribution < -0.4 is 0 Å². The second-order valence-corrected chi connectivity index (χ2v) is 6.43. The van der Waals surface area contributed by atoms with Gasteiger partial charge >= 0.3 is 22.5 Å². The summed E-state index contributed by atoms with van der Waals surface area (Å²) in [5, 5.41) is 0. The van der Waals surface area contributed by atoms with E-state index in [0.29, 0.717) is 6.54 Å². The van der Waals surface area contributed by atoms with Gasteiger partial charge in [-0.3, -0.25) is 4.79 Å². The Morgan fingerprint density at radius 1 is 1.32 bits per heavy atom. The molecule has 19 heavy (non-hydrogen) atoms. The molecule has 112 valence electrons. The number of ketones is 1. The van der Waals surface area contributed by atoms with E-state index in [0.717, 1.165) is 25.8 Å². The molecule has 0 aromatic heterocycles. The van der Waals surface area contributed by atoms with Gasteiger partial charge in [0.05, 0.1) is 0 Å². The Labute approximate surface area is 115 Å². The Morgan fingerprint density at radius 3 is 2.42 bits per heavy atom. The molecule has 0 spiro atoms. The first kappa shape index (κ1) is 19.0. The molecule has 0 aliphatic carbocycles. The molecule has 7 nitrogen and oxygen atoms in total. The van der Waals surface area contributed by atoms with E-state index in [-0.39, 0.29) is 6.42 Å². The van der Waals surface area contributed by atoms with Gasteiger partial charge in [-0.2, -0.15) is 14.7 Å². The number of hydrogen-bond acceptors (Lipinski definition) is 7. The Morgan fingerprint density at radius 2 is 1.95 bits per heavy atom. The number of nitrogens with zero attached hydrogens (tertiary/aromatic N) is 1. The topological polar surface area (TPSA) is 107 Å². The molecule has 3 N–H and O–H groups in total. The summed E-state index contributed by atoms with van der Waals surface area (Å²) in [6.07, 6.45) is 3.24. The molecule has 0 saturated carbocycles. The quantitative estimate of drug-likeness (QED) is 0.390. The van der Waals surface area contributed by atoms with Crippen LogP contribution in [0, 0.1) is 0 Å². The molecular formula is C10H22NO6P2+. The van der Waals surface area contributed by atoms with Crippen molar-refractivity contribution < 1.29 is 28.6 Å². The lowest BCUT2D eigenvalue weighted by atomic mass is 10.2. The predicted octanol–water partition coefficient (Wildman–Crippen LogP) is 1.36.